The fraction of sp³-hybridized carbons (Fsp3) is 0.316. The molecule has 2 heterocycles. The number of benzene rings is 1. The molecular weight excluding hydrogens is 391 g/mol. The average molecular weight is 409 g/mol. The number of hydrogen-bond acceptors (Lipinski definition) is 4. The second kappa shape index (κ2) is 7.61. The van der Waals surface area contributed by atoms with Crippen LogP contribution in [0.2, 0.25) is 0 Å². The van der Waals surface area contributed by atoms with Gasteiger partial charge in [0.2, 0.25) is 5.91 Å². The summed E-state index contributed by atoms with van der Waals surface area (Å²) in [6, 6.07) is 10.4. The molecule has 3 rings (SSSR count). The van der Waals surface area contributed by atoms with Gasteiger partial charge in [0.25, 0.3) is 5.91 Å². The highest BCUT2D eigenvalue weighted by Gasteiger charge is 2.50. The van der Waals surface area contributed by atoms with Gasteiger partial charge in [-0.1, -0.05) is 30.3 Å². The molecule has 2 aromatic rings. The summed E-state index contributed by atoms with van der Waals surface area (Å²) in [6.07, 6.45) is -3.38. The van der Waals surface area contributed by atoms with Crippen molar-refractivity contribution in [3.63, 3.8) is 0 Å². The molecule has 0 saturated carbocycles. The zero-order valence-electron chi connectivity index (χ0n) is 15.4. The van der Waals surface area contributed by atoms with Crippen molar-refractivity contribution >= 4 is 17.8 Å². The molecule has 0 radical (unpaired) electrons. The Bertz CT molecular complexity index is 899. The first-order chi connectivity index (χ1) is 13.6. The van der Waals surface area contributed by atoms with Gasteiger partial charge in [-0.2, -0.15) is 13.2 Å². The summed E-state index contributed by atoms with van der Waals surface area (Å²) in [6.45, 7) is -1.32. The first-order valence-corrected chi connectivity index (χ1v) is 8.67. The number of amides is 4. The van der Waals surface area contributed by atoms with Gasteiger partial charge < -0.3 is 14.6 Å². The van der Waals surface area contributed by atoms with E-state index in [1.807, 2.05) is 0 Å². The number of hydrogen-bond donors (Lipinski definition) is 1. The summed E-state index contributed by atoms with van der Waals surface area (Å²) in [5.41, 5.74) is -0.912. The van der Waals surface area contributed by atoms with E-state index in [0.29, 0.717) is 15.4 Å². The summed E-state index contributed by atoms with van der Waals surface area (Å²) >= 11 is 0. The van der Waals surface area contributed by atoms with Gasteiger partial charge in [-0.3, -0.25) is 14.5 Å². The van der Waals surface area contributed by atoms with Crippen LogP contribution in [-0.2, 0) is 21.7 Å². The van der Waals surface area contributed by atoms with Crippen LogP contribution in [0.4, 0.5) is 18.0 Å². The van der Waals surface area contributed by atoms with Gasteiger partial charge in [-0.15, -0.1) is 0 Å². The number of rotatable bonds is 6. The van der Waals surface area contributed by atoms with Crippen molar-refractivity contribution in [3.05, 3.63) is 60.1 Å². The Morgan fingerprint density at radius 1 is 1.17 bits per heavy atom. The molecule has 0 spiro atoms. The summed E-state index contributed by atoms with van der Waals surface area (Å²) in [5, 5.41) is 2.51. The highest BCUT2D eigenvalue weighted by molar-refractivity contribution is 6.09. The number of nitrogens with one attached hydrogen (secondary N) is 1. The van der Waals surface area contributed by atoms with Crippen LogP contribution < -0.4 is 5.32 Å². The molecule has 154 valence electrons. The zero-order chi connectivity index (χ0) is 21.2. The lowest BCUT2D eigenvalue weighted by molar-refractivity contribution is -0.163. The van der Waals surface area contributed by atoms with Crippen LogP contribution in [0.5, 0.6) is 0 Å². The Balaban J connectivity index is 1.78. The molecule has 4 amide bonds. The number of furan rings is 1. The lowest BCUT2D eigenvalue weighted by atomic mass is 9.92. The fourth-order valence-corrected chi connectivity index (χ4v) is 3.08. The first kappa shape index (κ1) is 20.4. The van der Waals surface area contributed by atoms with Crippen molar-refractivity contribution in [2.24, 2.45) is 0 Å². The number of halogens is 3. The monoisotopic (exact) mass is 409 g/mol. The average Bonchev–Trinajstić information content (AvgIpc) is 3.24. The number of imide groups is 1. The van der Waals surface area contributed by atoms with Gasteiger partial charge in [0.15, 0.2) is 0 Å². The molecule has 1 aliphatic rings. The number of nitrogens with zero attached hydrogens (tertiary/aromatic N) is 2. The second-order valence-electron chi connectivity index (χ2n) is 6.76. The third kappa shape index (κ3) is 4.41. The SMILES string of the molecule is CC1(c2ccccc2)NC(=O)N(CC(=O)N(Cc2ccco2)CC(F)(F)F)C1=O. The lowest BCUT2D eigenvalue weighted by Gasteiger charge is -2.25. The molecule has 1 aromatic heterocycles. The number of urea groups is 1. The predicted octanol–water partition coefficient (Wildman–Crippen LogP) is 2.64. The molecule has 7 nitrogen and oxygen atoms in total. The lowest BCUT2D eigenvalue weighted by Crippen LogP contribution is -2.46. The largest absolute Gasteiger partial charge is 0.467 e. The molecule has 10 heteroatoms. The Morgan fingerprint density at radius 2 is 1.86 bits per heavy atom. The van der Waals surface area contributed by atoms with Crippen molar-refractivity contribution in [1.29, 1.82) is 0 Å². The van der Waals surface area contributed by atoms with Crippen LogP contribution in [-0.4, -0.2) is 46.9 Å². The maximum atomic E-state index is 12.9. The molecule has 1 atom stereocenters. The van der Waals surface area contributed by atoms with E-state index < -0.39 is 49.2 Å². The smallest absolute Gasteiger partial charge is 0.406 e. The molecule has 0 bridgehead atoms. The van der Waals surface area contributed by atoms with E-state index in [9.17, 15) is 27.6 Å². The Labute approximate surface area is 164 Å². The van der Waals surface area contributed by atoms with Crippen LogP contribution in [0.3, 0.4) is 0 Å². The molecule has 1 saturated heterocycles. The molecule has 1 aliphatic heterocycles. The van der Waals surface area contributed by atoms with Crippen LogP contribution in [0.1, 0.15) is 18.2 Å². The van der Waals surface area contributed by atoms with E-state index in [1.54, 1.807) is 30.3 Å². The molecule has 1 fully saturated rings. The summed E-state index contributed by atoms with van der Waals surface area (Å²) in [7, 11) is 0. The highest BCUT2D eigenvalue weighted by atomic mass is 19.4. The third-order valence-electron chi connectivity index (χ3n) is 4.57. The van der Waals surface area contributed by atoms with Crippen LogP contribution in [0, 0.1) is 0 Å². The van der Waals surface area contributed by atoms with Crippen LogP contribution in [0.15, 0.2) is 53.1 Å². The maximum Gasteiger partial charge on any atom is 0.406 e. The Morgan fingerprint density at radius 3 is 2.45 bits per heavy atom. The fourth-order valence-electron chi connectivity index (χ4n) is 3.08. The van der Waals surface area contributed by atoms with Crippen molar-refractivity contribution in [2.45, 2.75) is 25.2 Å². The molecule has 1 N–H and O–H groups in total. The predicted molar refractivity (Wildman–Crippen MR) is 94.2 cm³/mol. The summed E-state index contributed by atoms with van der Waals surface area (Å²) in [4.78, 5) is 38.8. The minimum Gasteiger partial charge on any atom is -0.467 e. The number of carbonyl (C=O) groups excluding carboxylic acids is 3. The first-order valence-electron chi connectivity index (χ1n) is 8.67. The van der Waals surface area contributed by atoms with E-state index in [1.165, 1.54) is 25.3 Å². The standard InChI is InChI=1S/C19H18F3N3O4/c1-18(13-6-3-2-4-7-13)16(27)25(17(28)23-18)11-15(26)24(12-19(20,21)22)10-14-8-5-9-29-14/h2-9H,10-12H2,1H3,(H,23,28). The van der Waals surface area contributed by atoms with Gasteiger partial charge in [0.05, 0.1) is 12.8 Å². The van der Waals surface area contributed by atoms with Gasteiger partial charge in [-0.05, 0) is 24.6 Å². The van der Waals surface area contributed by atoms with Gasteiger partial charge in [0, 0.05) is 0 Å². The van der Waals surface area contributed by atoms with E-state index in [2.05, 4.69) is 5.32 Å². The van der Waals surface area contributed by atoms with E-state index in [0.717, 1.165) is 0 Å². The molecular formula is C19H18F3N3O4. The van der Waals surface area contributed by atoms with E-state index in [-0.39, 0.29) is 5.76 Å². The van der Waals surface area contributed by atoms with E-state index >= 15 is 0 Å². The number of carbonyl (C=O) groups is 3. The molecule has 29 heavy (non-hydrogen) atoms. The maximum absolute atomic E-state index is 12.9. The summed E-state index contributed by atoms with van der Waals surface area (Å²) in [5.74, 6) is -1.60. The minimum atomic E-state index is -4.65. The minimum absolute atomic E-state index is 0.147. The highest BCUT2D eigenvalue weighted by Crippen LogP contribution is 2.29. The van der Waals surface area contributed by atoms with Crippen LogP contribution in [0.25, 0.3) is 0 Å². The normalized spacial score (nSPS) is 19.4. The molecule has 1 aromatic carbocycles. The van der Waals surface area contributed by atoms with E-state index in [4.69, 9.17) is 4.42 Å². The van der Waals surface area contributed by atoms with Crippen molar-refractivity contribution in [3.8, 4) is 0 Å². The Hall–Kier alpha value is -3.30. The number of alkyl halides is 3. The third-order valence-corrected chi connectivity index (χ3v) is 4.57. The molecule has 0 aliphatic carbocycles. The van der Waals surface area contributed by atoms with Gasteiger partial charge in [-0.25, -0.2) is 4.79 Å². The van der Waals surface area contributed by atoms with Crippen molar-refractivity contribution in [1.82, 2.24) is 15.1 Å². The second-order valence-corrected chi connectivity index (χ2v) is 6.76. The van der Waals surface area contributed by atoms with Gasteiger partial charge >= 0.3 is 12.2 Å². The topological polar surface area (TPSA) is 82.9 Å². The van der Waals surface area contributed by atoms with Crippen molar-refractivity contribution in [2.75, 3.05) is 13.1 Å². The van der Waals surface area contributed by atoms with Crippen LogP contribution >= 0.6 is 0 Å². The molecule has 1 unspecified atom stereocenters. The van der Waals surface area contributed by atoms with Gasteiger partial charge in [0.1, 0.15) is 24.4 Å². The van der Waals surface area contributed by atoms with Crippen molar-refractivity contribution < 1.29 is 32.0 Å². The zero-order valence-corrected chi connectivity index (χ0v) is 15.4. The quantitative estimate of drug-likeness (QED) is 0.744. The Kier molecular flexibility index (Phi) is 5.36. The summed E-state index contributed by atoms with van der Waals surface area (Å²) < 4.78 is 43.8.